The Balaban J connectivity index is 3.27. The maximum atomic E-state index is 12.0. The van der Waals surface area contributed by atoms with Gasteiger partial charge in [0.2, 0.25) is 0 Å². The number of hydrogen-bond donors (Lipinski definition) is 0. The number of alkyl halides is 2. The van der Waals surface area contributed by atoms with E-state index in [1.165, 1.54) is 19.1 Å². The van der Waals surface area contributed by atoms with Crippen LogP contribution in [0.4, 0.5) is 8.78 Å². The van der Waals surface area contributed by atoms with Crippen LogP contribution in [0.25, 0.3) is 0 Å². The van der Waals surface area contributed by atoms with Crippen LogP contribution in [0.2, 0.25) is 5.02 Å². The molecule has 0 aliphatic heterocycles. The van der Waals surface area contributed by atoms with Gasteiger partial charge >= 0.3 is 6.61 Å². The number of halogens is 4. The number of ketones is 1. The monoisotopic (exact) mass is 346 g/mol. The lowest BCUT2D eigenvalue weighted by atomic mass is 10.1. The summed E-state index contributed by atoms with van der Waals surface area (Å²) in [6.07, 6.45) is 0. The average Bonchev–Trinajstić information content (AvgIpc) is 1.99. The van der Waals surface area contributed by atoms with Gasteiger partial charge in [-0.2, -0.15) is 8.78 Å². The lowest BCUT2D eigenvalue weighted by molar-refractivity contribution is -0.0501. The van der Waals surface area contributed by atoms with Crippen LogP contribution in [0.5, 0.6) is 5.75 Å². The second kappa shape index (κ2) is 5.07. The molecule has 2 nitrogen and oxygen atoms in total. The van der Waals surface area contributed by atoms with Crippen LogP contribution in [0.3, 0.4) is 0 Å². The molecule has 0 saturated carbocycles. The zero-order valence-corrected chi connectivity index (χ0v) is 10.5. The lowest BCUT2D eigenvalue weighted by Gasteiger charge is -2.10. The fourth-order valence-corrected chi connectivity index (χ4v) is 2.45. The third-order valence-electron chi connectivity index (χ3n) is 1.59. The topological polar surface area (TPSA) is 26.3 Å². The number of ether oxygens (including phenoxy) is 1. The number of carbonyl (C=O) groups is 1. The van der Waals surface area contributed by atoms with E-state index in [1.54, 1.807) is 0 Å². The van der Waals surface area contributed by atoms with Crippen molar-refractivity contribution in [2.45, 2.75) is 13.5 Å². The predicted octanol–water partition coefficient (Wildman–Crippen LogP) is 3.75. The molecule has 1 aromatic carbocycles. The van der Waals surface area contributed by atoms with Crippen LogP contribution >= 0.6 is 34.2 Å². The Kier molecular flexibility index (Phi) is 4.27. The van der Waals surface area contributed by atoms with E-state index in [-0.39, 0.29) is 22.1 Å². The molecule has 0 radical (unpaired) electrons. The second-order valence-corrected chi connectivity index (χ2v) is 4.29. The molecule has 1 rings (SSSR count). The SMILES string of the molecule is CC(=O)c1c(I)cc(Cl)cc1OC(F)F. The summed E-state index contributed by atoms with van der Waals surface area (Å²) < 4.78 is 28.8. The van der Waals surface area contributed by atoms with Gasteiger partial charge in [0.05, 0.1) is 5.56 Å². The van der Waals surface area contributed by atoms with Crippen molar-refractivity contribution in [2.24, 2.45) is 0 Å². The van der Waals surface area contributed by atoms with Gasteiger partial charge in [-0.3, -0.25) is 4.79 Å². The summed E-state index contributed by atoms with van der Waals surface area (Å²) in [5, 5.41) is 0.250. The third-order valence-corrected chi connectivity index (χ3v) is 2.66. The molecule has 0 aliphatic carbocycles. The first-order valence-corrected chi connectivity index (χ1v) is 5.32. The van der Waals surface area contributed by atoms with Crippen molar-refractivity contribution in [3.63, 3.8) is 0 Å². The molecule has 0 amide bonds. The molecule has 0 saturated heterocycles. The number of benzene rings is 1. The number of carbonyl (C=O) groups excluding carboxylic acids is 1. The van der Waals surface area contributed by atoms with Crippen molar-refractivity contribution in [1.82, 2.24) is 0 Å². The molecule has 6 heteroatoms. The Labute approximate surface area is 104 Å². The van der Waals surface area contributed by atoms with Crippen LogP contribution in [0.1, 0.15) is 17.3 Å². The van der Waals surface area contributed by atoms with Crippen molar-refractivity contribution in [2.75, 3.05) is 0 Å². The van der Waals surface area contributed by atoms with E-state index in [0.717, 1.165) is 0 Å². The van der Waals surface area contributed by atoms with Crippen molar-refractivity contribution in [1.29, 1.82) is 0 Å². The van der Waals surface area contributed by atoms with E-state index in [1.807, 2.05) is 22.6 Å². The Bertz CT molecular complexity index is 396. The zero-order chi connectivity index (χ0) is 11.6. The predicted molar refractivity (Wildman–Crippen MR) is 60.8 cm³/mol. The van der Waals surface area contributed by atoms with Gasteiger partial charge in [-0.25, -0.2) is 0 Å². The van der Waals surface area contributed by atoms with Gasteiger partial charge in [-0.15, -0.1) is 0 Å². The highest BCUT2D eigenvalue weighted by Crippen LogP contribution is 2.30. The highest BCUT2D eigenvalue weighted by molar-refractivity contribution is 14.1. The van der Waals surface area contributed by atoms with E-state index in [9.17, 15) is 13.6 Å². The molecule has 0 atom stereocenters. The summed E-state index contributed by atoms with van der Waals surface area (Å²) in [5.41, 5.74) is 0.125. The Morgan fingerprint density at radius 1 is 1.53 bits per heavy atom. The second-order valence-electron chi connectivity index (χ2n) is 2.70. The summed E-state index contributed by atoms with van der Waals surface area (Å²) in [4.78, 5) is 11.2. The molecule has 0 N–H and O–H groups in total. The molecule has 0 heterocycles. The third kappa shape index (κ3) is 3.27. The van der Waals surface area contributed by atoms with Crippen LogP contribution in [-0.4, -0.2) is 12.4 Å². The Morgan fingerprint density at radius 3 is 2.60 bits per heavy atom. The van der Waals surface area contributed by atoms with Crippen molar-refractivity contribution < 1.29 is 18.3 Å². The van der Waals surface area contributed by atoms with Crippen LogP contribution in [0.15, 0.2) is 12.1 Å². The number of Topliss-reactive ketones (excluding diaryl/α,β-unsaturated/α-hetero) is 1. The maximum absolute atomic E-state index is 12.0. The molecule has 0 fully saturated rings. The Morgan fingerprint density at radius 2 is 2.13 bits per heavy atom. The summed E-state index contributed by atoms with van der Waals surface area (Å²) in [6.45, 7) is -1.69. The molecule has 0 aromatic heterocycles. The minimum atomic E-state index is -2.97. The molecule has 15 heavy (non-hydrogen) atoms. The van der Waals surface area contributed by atoms with E-state index in [2.05, 4.69) is 4.74 Å². The minimum Gasteiger partial charge on any atom is -0.434 e. The summed E-state index contributed by atoms with van der Waals surface area (Å²) in [5.74, 6) is -0.527. The highest BCUT2D eigenvalue weighted by atomic mass is 127. The van der Waals surface area contributed by atoms with Gasteiger partial charge in [-0.05, 0) is 41.6 Å². The first kappa shape index (κ1) is 12.6. The summed E-state index contributed by atoms with van der Waals surface area (Å²) in [7, 11) is 0. The van der Waals surface area contributed by atoms with E-state index in [4.69, 9.17) is 11.6 Å². The van der Waals surface area contributed by atoms with Gasteiger partial charge in [0.1, 0.15) is 5.75 Å². The molecule has 82 valence electrons. The van der Waals surface area contributed by atoms with E-state index in [0.29, 0.717) is 3.57 Å². The fourth-order valence-electron chi connectivity index (χ4n) is 1.08. The first-order valence-electron chi connectivity index (χ1n) is 3.86. The van der Waals surface area contributed by atoms with E-state index >= 15 is 0 Å². The van der Waals surface area contributed by atoms with Gasteiger partial charge in [0.25, 0.3) is 0 Å². The zero-order valence-electron chi connectivity index (χ0n) is 7.56. The Hall–Kier alpha value is -0.430. The van der Waals surface area contributed by atoms with Crippen molar-refractivity contribution in [3.8, 4) is 5.75 Å². The fraction of sp³-hybridized carbons (Fsp3) is 0.222. The van der Waals surface area contributed by atoms with Gasteiger partial charge in [0, 0.05) is 8.59 Å². The van der Waals surface area contributed by atoms with Crippen LogP contribution < -0.4 is 4.74 Å². The average molecular weight is 346 g/mol. The summed E-state index contributed by atoms with van der Waals surface area (Å²) in [6, 6.07) is 2.71. The van der Waals surface area contributed by atoms with Gasteiger partial charge < -0.3 is 4.74 Å². The van der Waals surface area contributed by atoms with Crippen molar-refractivity contribution in [3.05, 3.63) is 26.3 Å². The van der Waals surface area contributed by atoms with Crippen molar-refractivity contribution >= 4 is 40.0 Å². The molecule has 0 aliphatic rings. The summed E-state index contributed by atoms with van der Waals surface area (Å²) >= 11 is 7.51. The minimum absolute atomic E-state index is 0.125. The quantitative estimate of drug-likeness (QED) is 0.615. The molecule has 0 bridgehead atoms. The molecular formula is C9H6ClF2IO2. The molecule has 0 spiro atoms. The standard InChI is InChI=1S/C9H6ClF2IO2/c1-4(14)8-6(13)2-5(10)3-7(8)15-9(11)12/h2-3,9H,1H3. The largest absolute Gasteiger partial charge is 0.434 e. The molecule has 1 aromatic rings. The number of hydrogen-bond acceptors (Lipinski definition) is 2. The molecular weight excluding hydrogens is 340 g/mol. The first-order chi connectivity index (χ1) is 6.91. The van der Waals surface area contributed by atoms with Gasteiger partial charge in [-0.1, -0.05) is 11.6 Å². The maximum Gasteiger partial charge on any atom is 0.387 e. The molecule has 0 unspecified atom stereocenters. The van der Waals surface area contributed by atoms with Gasteiger partial charge in [0.15, 0.2) is 5.78 Å². The smallest absolute Gasteiger partial charge is 0.387 e. The normalized spacial score (nSPS) is 10.5. The lowest BCUT2D eigenvalue weighted by Crippen LogP contribution is -2.08. The highest BCUT2D eigenvalue weighted by Gasteiger charge is 2.17. The number of rotatable bonds is 3. The van der Waals surface area contributed by atoms with Crippen LogP contribution in [0, 0.1) is 3.57 Å². The van der Waals surface area contributed by atoms with E-state index < -0.39 is 6.61 Å². The van der Waals surface area contributed by atoms with Crippen LogP contribution in [-0.2, 0) is 0 Å².